The number of halogens is 1. The SMILES string of the molecule is NC1CCc2c1[nH]c1c(F)cccc21. The Kier molecular flexibility index (Phi) is 1.47. The number of rotatable bonds is 0. The molecule has 3 N–H and O–H groups in total. The summed E-state index contributed by atoms with van der Waals surface area (Å²) >= 11 is 0. The molecule has 14 heavy (non-hydrogen) atoms. The molecule has 0 saturated carbocycles. The Bertz CT molecular complexity index is 501. The molecular weight excluding hydrogens is 179 g/mol. The first kappa shape index (κ1) is 8.00. The van der Waals surface area contributed by atoms with Crippen LogP contribution < -0.4 is 5.73 Å². The molecule has 2 aromatic rings. The van der Waals surface area contributed by atoms with Crippen molar-refractivity contribution in [3.05, 3.63) is 35.3 Å². The van der Waals surface area contributed by atoms with Crippen LogP contribution in [0.4, 0.5) is 4.39 Å². The van der Waals surface area contributed by atoms with E-state index in [9.17, 15) is 4.39 Å². The molecule has 3 rings (SSSR count). The number of fused-ring (bicyclic) bond motifs is 3. The van der Waals surface area contributed by atoms with Crippen LogP contribution in [0.1, 0.15) is 23.7 Å². The van der Waals surface area contributed by atoms with Gasteiger partial charge in [0.2, 0.25) is 0 Å². The van der Waals surface area contributed by atoms with E-state index >= 15 is 0 Å². The van der Waals surface area contributed by atoms with Gasteiger partial charge >= 0.3 is 0 Å². The first-order valence-electron chi connectivity index (χ1n) is 4.82. The highest BCUT2D eigenvalue weighted by molar-refractivity contribution is 5.85. The molecule has 1 unspecified atom stereocenters. The number of aromatic amines is 1. The second-order valence-corrected chi connectivity index (χ2v) is 3.82. The minimum absolute atomic E-state index is 0.0526. The summed E-state index contributed by atoms with van der Waals surface area (Å²) in [5.41, 5.74) is 8.73. The molecule has 1 atom stereocenters. The van der Waals surface area contributed by atoms with Crippen molar-refractivity contribution in [1.82, 2.24) is 4.98 Å². The fraction of sp³-hybridized carbons (Fsp3) is 0.273. The van der Waals surface area contributed by atoms with Crippen molar-refractivity contribution in [1.29, 1.82) is 0 Å². The van der Waals surface area contributed by atoms with Gasteiger partial charge in [0.05, 0.1) is 5.52 Å². The first-order valence-corrected chi connectivity index (χ1v) is 4.82. The van der Waals surface area contributed by atoms with Gasteiger partial charge in [-0.25, -0.2) is 4.39 Å². The third-order valence-corrected chi connectivity index (χ3v) is 3.00. The Hall–Kier alpha value is -1.35. The summed E-state index contributed by atoms with van der Waals surface area (Å²) in [6.07, 6.45) is 1.92. The van der Waals surface area contributed by atoms with Gasteiger partial charge in [-0.2, -0.15) is 0 Å². The molecule has 0 aliphatic heterocycles. The second kappa shape index (κ2) is 2.58. The minimum Gasteiger partial charge on any atom is -0.354 e. The van der Waals surface area contributed by atoms with E-state index in [0.717, 1.165) is 23.9 Å². The lowest BCUT2D eigenvalue weighted by Crippen LogP contribution is -2.05. The van der Waals surface area contributed by atoms with Gasteiger partial charge in [0.1, 0.15) is 5.82 Å². The van der Waals surface area contributed by atoms with Crippen LogP contribution in [0.2, 0.25) is 0 Å². The fourth-order valence-corrected chi connectivity index (χ4v) is 2.29. The first-order chi connectivity index (χ1) is 6.77. The lowest BCUT2D eigenvalue weighted by molar-refractivity contribution is 0.635. The summed E-state index contributed by atoms with van der Waals surface area (Å²) in [7, 11) is 0. The van der Waals surface area contributed by atoms with Crippen LogP contribution >= 0.6 is 0 Å². The average molecular weight is 190 g/mol. The van der Waals surface area contributed by atoms with Crippen LogP contribution in [0.25, 0.3) is 10.9 Å². The van der Waals surface area contributed by atoms with Crippen LogP contribution in [0.5, 0.6) is 0 Å². The number of aromatic nitrogens is 1. The zero-order valence-corrected chi connectivity index (χ0v) is 7.68. The van der Waals surface area contributed by atoms with Crippen LogP contribution in [-0.2, 0) is 6.42 Å². The molecule has 1 aromatic heterocycles. The molecule has 1 heterocycles. The zero-order chi connectivity index (χ0) is 9.71. The van der Waals surface area contributed by atoms with Gasteiger partial charge in [0.25, 0.3) is 0 Å². The molecule has 0 bridgehead atoms. The van der Waals surface area contributed by atoms with Crippen molar-refractivity contribution < 1.29 is 4.39 Å². The molecule has 3 heteroatoms. The normalized spacial score (nSPS) is 20.3. The Balaban J connectivity index is 2.40. The van der Waals surface area contributed by atoms with Gasteiger partial charge in [-0.15, -0.1) is 0 Å². The third kappa shape index (κ3) is 0.876. The number of H-pyrrole nitrogens is 1. The molecule has 2 nitrogen and oxygen atoms in total. The van der Waals surface area contributed by atoms with Gasteiger partial charge in [-0.1, -0.05) is 12.1 Å². The number of nitrogens with one attached hydrogen (secondary N) is 1. The maximum absolute atomic E-state index is 13.4. The highest BCUT2D eigenvalue weighted by Gasteiger charge is 2.24. The quantitative estimate of drug-likeness (QED) is 0.657. The summed E-state index contributed by atoms with van der Waals surface area (Å²) < 4.78 is 13.4. The van der Waals surface area contributed by atoms with E-state index < -0.39 is 0 Å². The maximum atomic E-state index is 13.4. The number of hydrogen-bond acceptors (Lipinski definition) is 1. The number of hydrogen-bond donors (Lipinski definition) is 2. The third-order valence-electron chi connectivity index (χ3n) is 3.00. The van der Waals surface area contributed by atoms with Gasteiger partial charge in [-0.05, 0) is 24.5 Å². The molecule has 1 aliphatic carbocycles. The molecule has 0 fully saturated rings. The topological polar surface area (TPSA) is 41.8 Å². The Labute approximate surface area is 80.9 Å². The van der Waals surface area contributed by atoms with E-state index in [-0.39, 0.29) is 11.9 Å². The standard InChI is InChI=1S/C11H11FN2/c12-8-3-1-2-6-7-4-5-9(13)11(7)14-10(6)8/h1-3,9,14H,4-5,13H2. The van der Waals surface area contributed by atoms with E-state index in [4.69, 9.17) is 5.73 Å². The largest absolute Gasteiger partial charge is 0.354 e. The highest BCUT2D eigenvalue weighted by atomic mass is 19.1. The van der Waals surface area contributed by atoms with Gasteiger partial charge in [0, 0.05) is 17.1 Å². The van der Waals surface area contributed by atoms with Crippen molar-refractivity contribution >= 4 is 10.9 Å². The predicted molar refractivity (Wildman–Crippen MR) is 53.5 cm³/mol. The van der Waals surface area contributed by atoms with Gasteiger partial charge in [0.15, 0.2) is 0 Å². The van der Waals surface area contributed by atoms with Crippen molar-refractivity contribution in [3.8, 4) is 0 Å². The van der Waals surface area contributed by atoms with E-state index in [1.165, 1.54) is 11.6 Å². The second-order valence-electron chi connectivity index (χ2n) is 3.82. The van der Waals surface area contributed by atoms with Crippen molar-refractivity contribution in [2.75, 3.05) is 0 Å². The molecule has 0 spiro atoms. The molecule has 1 aromatic carbocycles. The number of benzene rings is 1. The van der Waals surface area contributed by atoms with E-state index in [1.807, 2.05) is 6.07 Å². The monoisotopic (exact) mass is 190 g/mol. The van der Waals surface area contributed by atoms with Crippen LogP contribution in [0, 0.1) is 5.82 Å². The number of aryl methyl sites for hydroxylation is 1. The highest BCUT2D eigenvalue weighted by Crippen LogP contribution is 2.35. The van der Waals surface area contributed by atoms with E-state index in [0.29, 0.717) is 5.52 Å². The Morgan fingerprint density at radius 2 is 2.29 bits per heavy atom. The smallest absolute Gasteiger partial charge is 0.147 e. The molecule has 72 valence electrons. The van der Waals surface area contributed by atoms with Crippen LogP contribution in [0.3, 0.4) is 0 Å². The Morgan fingerprint density at radius 1 is 1.43 bits per heavy atom. The van der Waals surface area contributed by atoms with Crippen LogP contribution in [0.15, 0.2) is 18.2 Å². The van der Waals surface area contributed by atoms with Gasteiger partial charge < -0.3 is 10.7 Å². The van der Waals surface area contributed by atoms with Gasteiger partial charge in [-0.3, -0.25) is 0 Å². The van der Waals surface area contributed by atoms with E-state index in [1.54, 1.807) is 6.07 Å². The number of nitrogens with two attached hydrogens (primary N) is 1. The molecule has 1 aliphatic rings. The number of para-hydroxylation sites is 1. The molecular formula is C11H11FN2. The van der Waals surface area contributed by atoms with Crippen molar-refractivity contribution in [3.63, 3.8) is 0 Å². The Morgan fingerprint density at radius 3 is 3.14 bits per heavy atom. The molecule has 0 amide bonds. The summed E-state index contributed by atoms with van der Waals surface area (Å²) in [5, 5.41) is 0.993. The minimum atomic E-state index is -0.191. The predicted octanol–water partition coefficient (Wildman–Crippen LogP) is 2.25. The van der Waals surface area contributed by atoms with Crippen molar-refractivity contribution in [2.45, 2.75) is 18.9 Å². The average Bonchev–Trinajstić information content (AvgIpc) is 2.69. The summed E-state index contributed by atoms with van der Waals surface area (Å²) in [6.45, 7) is 0. The molecule has 0 radical (unpaired) electrons. The molecule has 0 saturated heterocycles. The zero-order valence-electron chi connectivity index (χ0n) is 7.68. The lowest BCUT2D eigenvalue weighted by atomic mass is 10.1. The summed E-state index contributed by atoms with van der Waals surface area (Å²) in [6, 6.07) is 5.22. The van der Waals surface area contributed by atoms with Crippen molar-refractivity contribution in [2.24, 2.45) is 5.73 Å². The summed E-state index contributed by atoms with van der Waals surface area (Å²) in [4.78, 5) is 3.09. The maximum Gasteiger partial charge on any atom is 0.147 e. The fourth-order valence-electron chi connectivity index (χ4n) is 2.29. The summed E-state index contributed by atoms with van der Waals surface area (Å²) in [5.74, 6) is -0.191. The lowest BCUT2D eigenvalue weighted by Gasteiger charge is -1.99. The van der Waals surface area contributed by atoms with E-state index in [2.05, 4.69) is 4.98 Å². The van der Waals surface area contributed by atoms with Crippen LogP contribution in [-0.4, -0.2) is 4.98 Å².